The van der Waals surface area contributed by atoms with Crippen molar-refractivity contribution in [3.8, 4) is 0 Å². The highest BCUT2D eigenvalue weighted by Crippen LogP contribution is 2.13. The predicted molar refractivity (Wildman–Crippen MR) is 94.0 cm³/mol. The van der Waals surface area contributed by atoms with Gasteiger partial charge < -0.3 is 24.6 Å². The van der Waals surface area contributed by atoms with Crippen LogP contribution in [0.3, 0.4) is 0 Å². The number of nitrogens with zero attached hydrogens (tertiary/aromatic N) is 4. The maximum Gasteiger partial charge on any atom is 0.409 e. The quantitative estimate of drug-likeness (QED) is 0.833. The highest BCUT2D eigenvalue weighted by atomic mass is 16.6. The minimum atomic E-state index is -0.331. The van der Waals surface area contributed by atoms with Crippen molar-refractivity contribution < 1.29 is 19.1 Å². The Hall–Kier alpha value is -2.42. The van der Waals surface area contributed by atoms with E-state index in [1.165, 1.54) is 0 Å². The van der Waals surface area contributed by atoms with Crippen molar-refractivity contribution >= 4 is 17.9 Å². The molecular formula is C17H25N5O4. The summed E-state index contributed by atoms with van der Waals surface area (Å²) >= 11 is 0. The van der Waals surface area contributed by atoms with Crippen LogP contribution in [-0.4, -0.2) is 83.8 Å². The Morgan fingerprint density at radius 1 is 1.31 bits per heavy atom. The van der Waals surface area contributed by atoms with Gasteiger partial charge >= 0.3 is 6.09 Å². The van der Waals surface area contributed by atoms with Crippen molar-refractivity contribution in [2.24, 2.45) is 0 Å². The van der Waals surface area contributed by atoms with Crippen LogP contribution < -0.4 is 5.32 Å². The van der Waals surface area contributed by atoms with E-state index in [1.807, 2.05) is 0 Å². The van der Waals surface area contributed by atoms with Gasteiger partial charge in [0.15, 0.2) is 0 Å². The molecule has 9 nitrogen and oxygen atoms in total. The van der Waals surface area contributed by atoms with Gasteiger partial charge in [0.1, 0.15) is 5.69 Å². The highest BCUT2D eigenvalue weighted by molar-refractivity contribution is 5.92. The van der Waals surface area contributed by atoms with Gasteiger partial charge in [-0.2, -0.15) is 0 Å². The minimum absolute atomic E-state index is 0.156. The summed E-state index contributed by atoms with van der Waals surface area (Å²) < 4.78 is 10.5. The Bertz CT molecular complexity index is 627. The molecule has 3 heterocycles. The predicted octanol–water partition coefficient (Wildman–Crippen LogP) is 0.982. The largest absolute Gasteiger partial charge is 0.450 e. The van der Waals surface area contributed by atoms with Gasteiger partial charge in [-0.1, -0.05) is 0 Å². The molecule has 1 aromatic rings. The standard InChI is InChI=1S/C17H25N5O4/c1-2-25-17(24)22-9-7-21(8-10-22)15(23)14-5-6-18-16(20-14)19-12-13-4-3-11-26-13/h5-6,13H,2-4,7-12H2,1H3,(H,18,19,20). The molecule has 0 spiro atoms. The number of anilines is 1. The van der Waals surface area contributed by atoms with Crippen molar-refractivity contribution in [3.05, 3.63) is 18.0 Å². The SMILES string of the molecule is CCOC(=O)N1CCN(C(=O)c2ccnc(NCC3CCCO3)n2)CC1. The zero-order chi connectivity index (χ0) is 18.4. The van der Waals surface area contributed by atoms with Crippen LogP contribution in [-0.2, 0) is 9.47 Å². The molecule has 1 atom stereocenters. The van der Waals surface area contributed by atoms with E-state index in [-0.39, 0.29) is 18.1 Å². The van der Waals surface area contributed by atoms with Gasteiger partial charge in [0.25, 0.3) is 5.91 Å². The fourth-order valence-electron chi connectivity index (χ4n) is 3.04. The number of carbonyl (C=O) groups excluding carboxylic acids is 2. The van der Waals surface area contributed by atoms with Crippen molar-refractivity contribution in [1.82, 2.24) is 19.8 Å². The van der Waals surface area contributed by atoms with E-state index in [4.69, 9.17) is 9.47 Å². The van der Waals surface area contributed by atoms with Crippen LogP contribution in [0.5, 0.6) is 0 Å². The van der Waals surface area contributed by atoms with Crippen LogP contribution in [0, 0.1) is 0 Å². The normalized spacial score (nSPS) is 20.1. The van der Waals surface area contributed by atoms with Gasteiger partial charge in [-0.3, -0.25) is 4.79 Å². The van der Waals surface area contributed by atoms with E-state index in [2.05, 4.69) is 15.3 Å². The van der Waals surface area contributed by atoms with Crippen LogP contribution in [0.25, 0.3) is 0 Å². The fraction of sp³-hybridized carbons (Fsp3) is 0.647. The number of hydrogen-bond acceptors (Lipinski definition) is 7. The Kier molecular flexibility index (Phi) is 6.21. The minimum Gasteiger partial charge on any atom is -0.450 e. The van der Waals surface area contributed by atoms with Crippen molar-refractivity contribution in [2.75, 3.05) is 51.3 Å². The molecule has 1 aromatic heterocycles. The lowest BCUT2D eigenvalue weighted by molar-refractivity contribution is 0.0566. The van der Waals surface area contributed by atoms with Crippen molar-refractivity contribution in [2.45, 2.75) is 25.9 Å². The summed E-state index contributed by atoms with van der Waals surface area (Å²) in [7, 11) is 0. The van der Waals surface area contributed by atoms with Gasteiger partial charge in [-0.05, 0) is 25.8 Å². The molecule has 9 heteroatoms. The lowest BCUT2D eigenvalue weighted by atomic mass is 10.2. The van der Waals surface area contributed by atoms with Crippen LogP contribution >= 0.6 is 0 Å². The molecule has 0 aliphatic carbocycles. The number of nitrogens with one attached hydrogen (secondary N) is 1. The third-order valence-corrected chi connectivity index (χ3v) is 4.48. The maximum atomic E-state index is 12.7. The molecule has 0 bridgehead atoms. The number of hydrogen-bond donors (Lipinski definition) is 1. The summed E-state index contributed by atoms with van der Waals surface area (Å²) in [4.78, 5) is 36.2. The second-order valence-electron chi connectivity index (χ2n) is 6.26. The number of aromatic nitrogens is 2. The summed E-state index contributed by atoms with van der Waals surface area (Å²) in [5, 5.41) is 3.13. The lowest BCUT2D eigenvalue weighted by Crippen LogP contribution is -2.50. The summed E-state index contributed by atoms with van der Waals surface area (Å²) in [5.74, 6) is 0.271. The molecule has 2 amide bonds. The Labute approximate surface area is 152 Å². The van der Waals surface area contributed by atoms with E-state index in [0.717, 1.165) is 19.4 Å². The van der Waals surface area contributed by atoms with Crippen LogP contribution in [0.4, 0.5) is 10.7 Å². The summed E-state index contributed by atoms with van der Waals surface area (Å²) in [6.45, 7) is 5.39. The second-order valence-corrected chi connectivity index (χ2v) is 6.26. The van der Waals surface area contributed by atoms with E-state index in [1.54, 1.807) is 29.0 Å². The molecular weight excluding hydrogens is 338 g/mol. The van der Waals surface area contributed by atoms with E-state index < -0.39 is 0 Å². The molecule has 1 N–H and O–H groups in total. The average molecular weight is 363 g/mol. The van der Waals surface area contributed by atoms with Gasteiger partial charge in [0, 0.05) is 45.5 Å². The number of carbonyl (C=O) groups is 2. The summed E-state index contributed by atoms with van der Waals surface area (Å²) in [6.07, 6.45) is 3.52. The Morgan fingerprint density at radius 2 is 2.08 bits per heavy atom. The summed E-state index contributed by atoms with van der Waals surface area (Å²) in [6, 6.07) is 1.61. The first kappa shape index (κ1) is 18.4. The number of amides is 2. The molecule has 2 saturated heterocycles. The third-order valence-electron chi connectivity index (χ3n) is 4.48. The van der Waals surface area contributed by atoms with E-state index >= 15 is 0 Å². The Balaban J connectivity index is 1.53. The molecule has 2 aliphatic rings. The van der Waals surface area contributed by atoms with Gasteiger partial charge in [-0.15, -0.1) is 0 Å². The third kappa shape index (κ3) is 4.60. The first-order chi connectivity index (χ1) is 12.7. The second kappa shape index (κ2) is 8.79. The molecule has 3 rings (SSSR count). The summed E-state index contributed by atoms with van der Waals surface area (Å²) in [5.41, 5.74) is 0.347. The lowest BCUT2D eigenvalue weighted by Gasteiger charge is -2.33. The molecule has 0 radical (unpaired) electrons. The molecule has 1 unspecified atom stereocenters. The van der Waals surface area contributed by atoms with E-state index in [9.17, 15) is 9.59 Å². The number of ether oxygens (including phenoxy) is 2. The smallest absolute Gasteiger partial charge is 0.409 e. The topological polar surface area (TPSA) is 96.9 Å². The zero-order valence-electron chi connectivity index (χ0n) is 15.0. The highest BCUT2D eigenvalue weighted by Gasteiger charge is 2.26. The molecule has 26 heavy (non-hydrogen) atoms. The zero-order valence-corrected chi connectivity index (χ0v) is 15.0. The molecule has 0 aromatic carbocycles. The average Bonchev–Trinajstić information content (AvgIpc) is 3.20. The van der Waals surface area contributed by atoms with Crippen molar-refractivity contribution in [1.29, 1.82) is 0 Å². The monoisotopic (exact) mass is 363 g/mol. The van der Waals surface area contributed by atoms with Gasteiger partial charge in [0.05, 0.1) is 12.7 Å². The fourth-order valence-corrected chi connectivity index (χ4v) is 3.04. The first-order valence-electron chi connectivity index (χ1n) is 9.07. The number of rotatable bonds is 5. The van der Waals surface area contributed by atoms with E-state index in [0.29, 0.717) is 51.0 Å². The Morgan fingerprint density at radius 3 is 2.77 bits per heavy atom. The number of piperazine rings is 1. The van der Waals surface area contributed by atoms with Gasteiger partial charge in [-0.25, -0.2) is 14.8 Å². The van der Waals surface area contributed by atoms with Crippen molar-refractivity contribution in [3.63, 3.8) is 0 Å². The van der Waals surface area contributed by atoms with Crippen LogP contribution in [0.1, 0.15) is 30.3 Å². The first-order valence-corrected chi connectivity index (χ1v) is 9.07. The molecule has 0 saturated carbocycles. The van der Waals surface area contributed by atoms with Crippen LogP contribution in [0.15, 0.2) is 12.3 Å². The maximum absolute atomic E-state index is 12.7. The van der Waals surface area contributed by atoms with Gasteiger partial charge in [0.2, 0.25) is 5.95 Å². The molecule has 142 valence electrons. The molecule has 2 fully saturated rings. The molecule has 2 aliphatic heterocycles. The van der Waals surface area contributed by atoms with Crippen LogP contribution in [0.2, 0.25) is 0 Å².